The molecule has 1 aromatic carbocycles. The van der Waals surface area contributed by atoms with Crippen LogP contribution in [0.1, 0.15) is 42.9 Å². The molecule has 0 saturated carbocycles. The number of hydrogen-bond acceptors (Lipinski definition) is 4. The lowest BCUT2D eigenvalue weighted by Crippen LogP contribution is -2.45. The van der Waals surface area contributed by atoms with Gasteiger partial charge in [-0.1, -0.05) is 24.6 Å². The van der Waals surface area contributed by atoms with Gasteiger partial charge in [-0.25, -0.2) is 0 Å². The maximum absolute atomic E-state index is 12.1. The Kier molecular flexibility index (Phi) is 5.76. The molecule has 0 aromatic heterocycles. The Labute approximate surface area is 127 Å². The second-order valence-corrected chi connectivity index (χ2v) is 5.70. The number of carbonyl (C=O) groups excluding carboxylic acids is 1. The highest BCUT2D eigenvalue weighted by Gasteiger charge is 2.29. The summed E-state index contributed by atoms with van der Waals surface area (Å²) in [5.41, 5.74) is 9.34. The Morgan fingerprint density at radius 1 is 1.43 bits per heavy atom. The molecule has 1 aliphatic heterocycles. The van der Waals surface area contributed by atoms with Crippen LogP contribution in [-0.2, 0) is 22.6 Å². The van der Waals surface area contributed by atoms with Gasteiger partial charge < -0.3 is 10.5 Å². The van der Waals surface area contributed by atoms with Crippen molar-refractivity contribution in [1.82, 2.24) is 4.90 Å². The topological polar surface area (TPSA) is 55.6 Å². The molecular formula is C17H26N2O2. The molecular weight excluding hydrogens is 264 g/mol. The molecule has 4 nitrogen and oxygen atoms in total. The van der Waals surface area contributed by atoms with Crippen molar-refractivity contribution in [1.29, 1.82) is 0 Å². The minimum absolute atomic E-state index is 0.0755. The molecule has 1 heterocycles. The van der Waals surface area contributed by atoms with E-state index in [1.54, 1.807) is 0 Å². The molecule has 0 radical (unpaired) electrons. The first-order chi connectivity index (χ1) is 10.2. The average molecular weight is 290 g/mol. The van der Waals surface area contributed by atoms with E-state index >= 15 is 0 Å². The number of carbonyl (C=O) groups is 1. The van der Waals surface area contributed by atoms with Crippen LogP contribution in [0.2, 0.25) is 0 Å². The lowest BCUT2D eigenvalue weighted by molar-refractivity contribution is -0.151. The molecule has 0 amide bonds. The maximum Gasteiger partial charge on any atom is 0.323 e. The van der Waals surface area contributed by atoms with E-state index in [1.807, 2.05) is 6.92 Å². The molecule has 2 rings (SSSR count). The third-order valence-corrected chi connectivity index (χ3v) is 4.19. The van der Waals surface area contributed by atoms with Crippen molar-refractivity contribution >= 4 is 5.97 Å². The van der Waals surface area contributed by atoms with Gasteiger partial charge in [0, 0.05) is 13.1 Å². The smallest absolute Gasteiger partial charge is 0.323 e. The molecule has 21 heavy (non-hydrogen) atoms. The van der Waals surface area contributed by atoms with Crippen molar-refractivity contribution in [3.8, 4) is 0 Å². The van der Waals surface area contributed by atoms with Crippen LogP contribution in [0.3, 0.4) is 0 Å². The number of esters is 1. The van der Waals surface area contributed by atoms with Crippen molar-refractivity contribution in [3.05, 3.63) is 34.9 Å². The van der Waals surface area contributed by atoms with Gasteiger partial charge in [0.15, 0.2) is 0 Å². The second kappa shape index (κ2) is 7.57. The van der Waals surface area contributed by atoms with Gasteiger partial charge in [0.2, 0.25) is 0 Å². The Morgan fingerprint density at radius 2 is 2.24 bits per heavy atom. The molecule has 1 atom stereocenters. The number of rotatable bonds is 5. The van der Waals surface area contributed by atoms with Crippen molar-refractivity contribution in [2.45, 2.75) is 52.2 Å². The first kappa shape index (κ1) is 16.0. The maximum atomic E-state index is 12.1. The standard InChI is InChI=1S/C17H26N2O2/c1-3-21-17(20)16-6-4-5-9-19(16)12-15-8-7-14(11-18)10-13(15)2/h7-8,10,16H,3-6,9,11-12,18H2,1-2H3. The van der Waals surface area contributed by atoms with Crippen LogP contribution in [-0.4, -0.2) is 30.1 Å². The number of aryl methyl sites for hydroxylation is 1. The SMILES string of the molecule is CCOC(=O)C1CCCCN1Cc1ccc(CN)cc1C. The molecule has 1 aromatic rings. The quantitative estimate of drug-likeness (QED) is 0.846. The number of likely N-dealkylation sites (tertiary alicyclic amines) is 1. The predicted molar refractivity (Wildman–Crippen MR) is 83.8 cm³/mol. The average Bonchev–Trinajstić information content (AvgIpc) is 2.50. The van der Waals surface area contributed by atoms with Crippen LogP contribution in [0, 0.1) is 6.92 Å². The number of nitrogens with two attached hydrogens (primary N) is 1. The molecule has 0 spiro atoms. The van der Waals surface area contributed by atoms with E-state index in [-0.39, 0.29) is 12.0 Å². The normalized spacial score (nSPS) is 19.5. The monoisotopic (exact) mass is 290 g/mol. The highest BCUT2D eigenvalue weighted by molar-refractivity contribution is 5.75. The molecule has 116 valence electrons. The minimum Gasteiger partial charge on any atom is -0.465 e. The Balaban J connectivity index is 2.10. The summed E-state index contributed by atoms with van der Waals surface area (Å²) in [6.07, 6.45) is 3.15. The second-order valence-electron chi connectivity index (χ2n) is 5.70. The number of hydrogen-bond donors (Lipinski definition) is 1. The first-order valence-corrected chi connectivity index (χ1v) is 7.84. The molecule has 0 bridgehead atoms. The van der Waals surface area contributed by atoms with Gasteiger partial charge in [-0.2, -0.15) is 0 Å². The van der Waals surface area contributed by atoms with Gasteiger partial charge in [0.1, 0.15) is 6.04 Å². The number of nitrogens with zero attached hydrogens (tertiary/aromatic N) is 1. The van der Waals surface area contributed by atoms with Crippen molar-refractivity contribution < 1.29 is 9.53 Å². The van der Waals surface area contributed by atoms with Crippen LogP contribution >= 0.6 is 0 Å². The Bertz CT molecular complexity index is 488. The third-order valence-electron chi connectivity index (χ3n) is 4.19. The van der Waals surface area contributed by atoms with E-state index in [0.29, 0.717) is 13.2 Å². The van der Waals surface area contributed by atoms with Gasteiger partial charge in [0.05, 0.1) is 6.61 Å². The largest absolute Gasteiger partial charge is 0.465 e. The van der Waals surface area contributed by atoms with Crippen molar-refractivity contribution in [2.75, 3.05) is 13.2 Å². The van der Waals surface area contributed by atoms with Gasteiger partial charge in [-0.05, 0) is 49.9 Å². The molecule has 1 fully saturated rings. The summed E-state index contributed by atoms with van der Waals surface area (Å²) in [4.78, 5) is 14.4. The van der Waals surface area contributed by atoms with E-state index in [4.69, 9.17) is 10.5 Å². The fraction of sp³-hybridized carbons (Fsp3) is 0.588. The van der Waals surface area contributed by atoms with Crippen LogP contribution < -0.4 is 5.73 Å². The van der Waals surface area contributed by atoms with E-state index in [2.05, 4.69) is 30.0 Å². The van der Waals surface area contributed by atoms with Crippen molar-refractivity contribution in [3.63, 3.8) is 0 Å². The van der Waals surface area contributed by atoms with Crippen LogP contribution in [0.5, 0.6) is 0 Å². The van der Waals surface area contributed by atoms with Gasteiger partial charge in [0.25, 0.3) is 0 Å². The molecule has 0 aliphatic carbocycles. The lowest BCUT2D eigenvalue weighted by Gasteiger charge is -2.34. The zero-order chi connectivity index (χ0) is 15.2. The molecule has 1 aliphatic rings. The summed E-state index contributed by atoms with van der Waals surface area (Å²) in [6, 6.07) is 6.26. The fourth-order valence-electron chi connectivity index (χ4n) is 2.97. The first-order valence-electron chi connectivity index (χ1n) is 7.84. The van der Waals surface area contributed by atoms with Crippen molar-refractivity contribution in [2.24, 2.45) is 5.73 Å². The predicted octanol–water partition coefficient (Wildman–Crippen LogP) is 2.37. The summed E-state index contributed by atoms with van der Waals surface area (Å²) < 4.78 is 5.22. The zero-order valence-corrected chi connectivity index (χ0v) is 13.1. The minimum atomic E-state index is -0.0905. The molecule has 2 N–H and O–H groups in total. The fourth-order valence-corrected chi connectivity index (χ4v) is 2.97. The van der Waals surface area contributed by atoms with E-state index in [0.717, 1.165) is 37.9 Å². The van der Waals surface area contributed by atoms with Crippen LogP contribution in [0.25, 0.3) is 0 Å². The highest BCUT2D eigenvalue weighted by atomic mass is 16.5. The summed E-state index contributed by atoms with van der Waals surface area (Å²) in [5.74, 6) is -0.0755. The van der Waals surface area contributed by atoms with Gasteiger partial charge >= 0.3 is 5.97 Å². The Hall–Kier alpha value is -1.39. The van der Waals surface area contributed by atoms with E-state index in [9.17, 15) is 4.79 Å². The summed E-state index contributed by atoms with van der Waals surface area (Å²) >= 11 is 0. The molecule has 1 saturated heterocycles. The van der Waals surface area contributed by atoms with Gasteiger partial charge in [-0.3, -0.25) is 9.69 Å². The number of benzene rings is 1. The lowest BCUT2D eigenvalue weighted by atomic mass is 9.99. The van der Waals surface area contributed by atoms with Crippen LogP contribution in [0.4, 0.5) is 0 Å². The molecule has 4 heteroatoms. The summed E-state index contributed by atoms with van der Waals surface area (Å²) in [7, 11) is 0. The number of ether oxygens (including phenoxy) is 1. The third kappa shape index (κ3) is 4.05. The zero-order valence-electron chi connectivity index (χ0n) is 13.1. The Morgan fingerprint density at radius 3 is 2.90 bits per heavy atom. The number of piperidine rings is 1. The summed E-state index contributed by atoms with van der Waals surface area (Å²) in [6.45, 7) is 6.75. The molecule has 1 unspecified atom stereocenters. The van der Waals surface area contributed by atoms with E-state index < -0.39 is 0 Å². The van der Waals surface area contributed by atoms with E-state index in [1.165, 1.54) is 11.1 Å². The van der Waals surface area contributed by atoms with Crippen LogP contribution in [0.15, 0.2) is 18.2 Å². The summed E-state index contributed by atoms with van der Waals surface area (Å²) in [5, 5.41) is 0. The highest BCUT2D eigenvalue weighted by Crippen LogP contribution is 2.22. The van der Waals surface area contributed by atoms with Gasteiger partial charge in [-0.15, -0.1) is 0 Å².